The molecular weight excluding hydrogens is 274 g/mol. The van der Waals surface area contributed by atoms with E-state index >= 15 is 0 Å². The molecule has 0 saturated carbocycles. The number of anilines is 2. The van der Waals surface area contributed by atoms with E-state index in [2.05, 4.69) is 31.0 Å². The van der Waals surface area contributed by atoms with Crippen LogP contribution in [0.5, 0.6) is 0 Å². The molecule has 1 atom stereocenters. The normalized spacial score (nSPS) is 12.4. The van der Waals surface area contributed by atoms with Crippen molar-refractivity contribution in [1.29, 1.82) is 0 Å². The minimum atomic E-state index is -0.0271. The van der Waals surface area contributed by atoms with E-state index in [1.165, 1.54) is 0 Å². The van der Waals surface area contributed by atoms with E-state index in [1.807, 2.05) is 0 Å². The first-order valence-electron chi connectivity index (χ1n) is 7.06. The van der Waals surface area contributed by atoms with Gasteiger partial charge in [0.2, 0.25) is 5.91 Å². The molecule has 1 aromatic rings. The topological polar surface area (TPSA) is 58.4 Å². The number of nitrogens with one attached hydrogen (secondary N) is 1. The van der Waals surface area contributed by atoms with Crippen LogP contribution in [0.1, 0.15) is 33.6 Å². The van der Waals surface area contributed by atoms with Gasteiger partial charge in [-0.2, -0.15) is 0 Å². The minimum Gasteiger partial charge on any atom is -0.397 e. The predicted octanol–water partition coefficient (Wildman–Crippen LogP) is 3.37. The van der Waals surface area contributed by atoms with Gasteiger partial charge >= 0.3 is 0 Å². The molecule has 0 spiro atoms. The highest BCUT2D eigenvalue weighted by Gasteiger charge is 2.12. The van der Waals surface area contributed by atoms with Crippen molar-refractivity contribution in [3.63, 3.8) is 0 Å². The number of hydrogen-bond acceptors (Lipinski definition) is 3. The number of amides is 1. The summed E-state index contributed by atoms with van der Waals surface area (Å²) in [5.41, 5.74) is 6.91. The fourth-order valence-corrected chi connectivity index (χ4v) is 2.23. The van der Waals surface area contributed by atoms with Crippen molar-refractivity contribution in [3.05, 3.63) is 23.2 Å². The van der Waals surface area contributed by atoms with Crippen LogP contribution in [0.4, 0.5) is 11.4 Å². The lowest BCUT2D eigenvalue weighted by atomic mass is 10.2. The Hall–Kier alpha value is -1.26. The monoisotopic (exact) mass is 297 g/mol. The van der Waals surface area contributed by atoms with Gasteiger partial charge in [-0.1, -0.05) is 25.4 Å². The maximum atomic E-state index is 12.0. The van der Waals surface area contributed by atoms with Gasteiger partial charge in [0, 0.05) is 24.0 Å². The van der Waals surface area contributed by atoms with E-state index in [4.69, 9.17) is 17.3 Å². The fourth-order valence-electron chi connectivity index (χ4n) is 2.05. The van der Waals surface area contributed by atoms with Gasteiger partial charge in [-0.25, -0.2) is 0 Å². The first-order chi connectivity index (χ1) is 9.47. The first-order valence-corrected chi connectivity index (χ1v) is 7.44. The fraction of sp³-hybridized carbons (Fsp3) is 0.533. The lowest BCUT2D eigenvalue weighted by Gasteiger charge is -2.26. The molecule has 112 valence electrons. The maximum absolute atomic E-state index is 12.0. The molecule has 0 fully saturated rings. The van der Waals surface area contributed by atoms with Gasteiger partial charge in [0.05, 0.1) is 11.4 Å². The predicted molar refractivity (Wildman–Crippen MR) is 86.1 cm³/mol. The zero-order valence-corrected chi connectivity index (χ0v) is 13.2. The molecule has 1 aromatic carbocycles. The van der Waals surface area contributed by atoms with E-state index < -0.39 is 0 Å². The molecule has 0 heterocycles. The largest absolute Gasteiger partial charge is 0.397 e. The molecule has 0 saturated heterocycles. The molecule has 1 rings (SSSR count). The van der Waals surface area contributed by atoms with Crippen LogP contribution in [0.3, 0.4) is 0 Å². The van der Waals surface area contributed by atoms with Gasteiger partial charge in [-0.3, -0.25) is 4.79 Å². The molecule has 4 nitrogen and oxygen atoms in total. The number of rotatable bonds is 7. The van der Waals surface area contributed by atoms with Gasteiger partial charge in [-0.15, -0.1) is 0 Å². The van der Waals surface area contributed by atoms with Crippen molar-refractivity contribution in [2.75, 3.05) is 24.1 Å². The Kier molecular flexibility index (Phi) is 6.82. The third kappa shape index (κ3) is 5.02. The van der Waals surface area contributed by atoms with Crippen LogP contribution in [0.15, 0.2) is 18.2 Å². The smallest absolute Gasteiger partial charge is 0.225 e. The van der Waals surface area contributed by atoms with Crippen molar-refractivity contribution in [2.24, 2.45) is 0 Å². The van der Waals surface area contributed by atoms with Crippen LogP contribution in [-0.4, -0.2) is 29.9 Å². The highest BCUT2D eigenvalue weighted by molar-refractivity contribution is 6.31. The van der Waals surface area contributed by atoms with E-state index in [1.54, 1.807) is 18.2 Å². The highest BCUT2D eigenvalue weighted by Crippen LogP contribution is 2.22. The number of hydrogen-bond donors (Lipinski definition) is 2. The summed E-state index contributed by atoms with van der Waals surface area (Å²) in [5.74, 6) is -0.0271. The summed E-state index contributed by atoms with van der Waals surface area (Å²) in [4.78, 5) is 14.3. The third-order valence-electron chi connectivity index (χ3n) is 3.53. The summed E-state index contributed by atoms with van der Waals surface area (Å²) in [6.45, 7) is 8.15. The summed E-state index contributed by atoms with van der Waals surface area (Å²) in [5, 5.41) is 3.39. The maximum Gasteiger partial charge on any atom is 0.225 e. The Labute approximate surface area is 126 Å². The summed E-state index contributed by atoms with van der Waals surface area (Å²) in [6.07, 6.45) is 1.54. The molecule has 0 aromatic heterocycles. The number of halogens is 1. The average Bonchev–Trinajstić information content (AvgIpc) is 2.42. The summed E-state index contributed by atoms with van der Waals surface area (Å²) in [7, 11) is 0. The second kappa shape index (κ2) is 8.12. The Bertz CT molecular complexity index is 451. The van der Waals surface area contributed by atoms with Gasteiger partial charge in [-0.05, 0) is 38.1 Å². The number of carbonyl (C=O) groups is 1. The standard InChI is InChI=1S/C15H24ClN3O/c1-4-11(3)19(5-2)9-8-15(20)18-14-7-6-12(16)10-13(14)17/h6-7,10-11H,4-5,8-9,17H2,1-3H3,(H,18,20). The minimum absolute atomic E-state index is 0.0271. The number of nitrogen functional groups attached to an aromatic ring is 1. The summed E-state index contributed by atoms with van der Waals surface area (Å²) in [6, 6.07) is 5.56. The molecule has 20 heavy (non-hydrogen) atoms. The van der Waals surface area contributed by atoms with Crippen LogP contribution >= 0.6 is 11.6 Å². The van der Waals surface area contributed by atoms with Gasteiger partial charge in [0.25, 0.3) is 0 Å². The average molecular weight is 298 g/mol. The summed E-state index contributed by atoms with van der Waals surface area (Å²) >= 11 is 5.83. The van der Waals surface area contributed by atoms with Crippen molar-refractivity contribution in [1.82, 2.24) is 4.90 Å². The summed E-state index contributed by atoms with van der Waals surface area (Å²) < 4.78 is 0. The SMILES string of the molecule is CCC(C)N(CC)CCC(=O)Nc1ccc(Cl)cc1N. The lowest BCUT2D eigenvalue weighted by Crippen LogP contribution is -2.35. The van der Waals surface area contributed by atoms with Crippen LogP contribution in [0.25, 0.3) is 0 Å². The van der Waals surface area contributed by atoms with Crippen LogP contribution in [0.2, 0.25) is 5.02 Å². The molecule has 5 heteroatoms. The molecule has 3 N–H and O–H groups in total. The Morgan fingerprint density at radius 2 is 2.15 bits per heavy atom. The molecule has 0 aliphatic heterocycles. The Morgan fingerprint density at radius 1 is 1.45 bits per heavy atom. The van der Waals surface area contributed by atoms with Crippen molar-refractivity contribution < 1.29 is 4.79 Å². The molecule has 0 bridgehead atoms. The second-order valence-electron chi connectivity index (χ2n) is 4.92. The van der Waals surface area contributed by atoms with Crippen LogP contribution in [-0.2, 0) is 4.79 Å². The van der Waals surface area contributed by atoms with Gasteiger partial charge < -0.3 is 16.0 Å². The van der Waals surface area contributed by atoms with E-state index in [0.29, 0.717) is 28.9 Å². The highest BCUT2D eigenvalue weighted by atomic mass is 35.5. The quantitative estimate of drug-likeness (QED) is 0.759. The molecule has 1 amide bonds. The Balaban J connectivity index is 2.51. The second-order valence-corrected chi connectivity index (χ2v) is 5.35. The van der Waals surface area contributed by atoms with Gasteiger partial charge in [0.15, 0.2) is 0 Å². The van der Waals surface area contributed by atoms with E-state index in [9.17, 15) is 4.79 Å². The lowest BCUT2D eigenvalue weighted by molar-refractivity contribution is -0.116. The number of benzene rings is 1. The zero-order chi connectivity index (χ0) is 15.1. The first kappa shape index (κ1) is 16.8. The van der Waals surface area contributed by atoms with E-state index in [-0.39, 0.29) is 5.91 Å². The molecule has 1 unspecified atom stereocenters. The van der Waals surface area contributed by atoms with Crippen LogP contribution in [0, 0.1) is 0 Å². The van der Waals surface area contributed by atoms with Crippen molar-refractivity contribution in [3.8, 4) is 0 Å². The third-order valence-corrected chi connectivity index (χ3v) is 3.77. The van der Waals surface area contributed by atoms with Gasteiger partial charge in [0.1, 0.15) is 0 Å². The van der Waals surface area contributed by atoms with Crippen molar-refractivity contribution in [2.45, 2.75) is 39.7 Å². The van der Waals surface area contributed by atoms with Crippen LogP contribution < -0.4 is 11.1 Å². The van der Waals surface area contributed by atoms with Crippen molar-refractivity contribution >= 4 is 28.9 Å². The zero-order valence-electron chi connectivity index (χ0n) is 12.4. The van der Waals surface area contributed by atoms with E-state index in [0.717, 1.165) is 19.5 Å². The number of carbonyl (C=O) groups excluding carboxylic acids is 1. The number of nitrogens with zero attached hydrogens (tertiary/aromatic N) is 1. The Morgan fingerprint density at radius 3 is 2.70 bits per heavy atom. The molecule has 0 aliphatic rings. The molecule has 0 radical (unpaired) electrons. The molecule has 0 aliphatic carbocycles. The molecular formula is C15H24ClN3O. The number of nitrogens with two attached hydrogens (primary N) is 1.